The smallest absolute Gasteiger partial charge is 0.336 e. The van der Waals surface area contributed by atoms with Gasteiger partial charge >= 0.3 is 5.63 Å². The molecule has 0 saturated heterocycles. The van der Waals surface area contributed by atoms with E-state index in [2.05, 4.69) is 5.32 Å². The van der Waals surface area contributed by atoms with Crippen LogP contribution >= 0.6 is 0 Å². The van der Waals surface area contributed by atoms with E-state index in [9.17, 15) is 9.90 Å². The van der Waals surface area contributed by atoms with E-state index in [1.807, 2.05) is 12.1 Å². The van der Waals surface area contributed by atoms with Gasteiger partial charge in [0.15, 0.2) is 0 Å². The summed E-state index contributed by atoms with van der Waals surface area (Å²) in [4.78, 5) is 11.2. The number of aliphatic hydroxyl groups is 1. The first-order chi connectivity index (χ1) is 7.72. The van der Waals surface area contributed by atoms with E-state index in [1.54, 1.807) is 19.2 Å². The van der Waals surface area contributed by atoms with Gasteiger partial charge in [-0.05, 0) is 13.1 Å². The minimum absolute atomic E-state index is 0.406. The SMILES string of the molecule is CNCC(O)c1cccc2ccc(=O)oc12. The molecule has 0 aliphatic carbocycles. The molecule has 0 radical (unpaired) electrons. The van der Waals surface area contributed by atoms with Crippen LogP contribution in [0, 0.1) is 0 Å². The first-order valence-corrected chi connectivity index (χ1v) is 5.08. The molecule has 16 heavy (non-hydrogen) atoms. The normalized spacial score (nSPS) is 12.9. The number of rotatable bonds is 3. The average Bonchev–Trinajstić information content (AvgIpc) is 2.28. The van der Waals surface area contributed by atoms with Crippen molar-refractivity contribution in [1.82, 2.24) is 5.32 Å². The highest BCUT2D eigenvalue weighted by atomic mass is 16.4. The molecule has 0 spiro atoms. The molecule has 1 atom stereocenters. The Bertz CT molecular complexity index is 547. The van der Waals surface area contributed by atoms with E-state index in [-0.39, 0.29) is 0 Å². The number of benzene rings is 1. The summed E-state index contributed by atoms with van der Waals surface area (Å²) in [6.07, 6.45) is -0.681. The van der Waals surface area contributed by atoms with Crippen LogP contribution in [0.5, 0.6) is 0 Å². The van der Waals surface area contributed by atoms with Crippen molar-refractivity contribution >= 4 is 11.0 Å². The Hall–Kier alpha value is -1.65. The molecule has 4 nitrogen and oxygen atoms in total. The molecule has 0 fully saturated rings. The van der Waals surface area contributed by atoms with Crippen LogP contribution in [0.15, 0.2) is 39.5 Å². The lowest BCUT2D eigenvalue weighted by Crippen LogP contribution is -2.17. The van der Waals surface area contributed by atoms with Gasteiger partial charge in [-0.15, -0.1) is 0 Å². The molecule has 0 amide bonds. The van der Waals surface area contributed by atoms with Gasteiger partial charge < -0.3 is 14.8 Å². The van der Waals surface area contributed by atoms with E-state index in [0.717, 1.165) is 5.39 Å². The molecule has 2 N–H and O–H groups in total. The number of para-hydroxylation sites is 1. The molecule has 2 aromatic rings. The molecule has 1 unspecified atom stereocenters. The van der Waals surface area contributed by atoms with E-state index < -0.39 is 11.7 Å². The standard InChI is InChI=1S/C12H13NO3/c1-13-7-10(14)9-4-2-3-8-5-6-11(15)16-12(8)9/h2-6,10,13-14H,7H2,1H3. The van der Waals surface area contributed by atoms with Gasteiger partial charge in [0.05, 0.1) is 6.10 Å². The lowest BCUT2D eigenvalue weighted by Gasteiger charge is -2.11. The quantitative estimate of drug-likeness (QED) is 0.757. The number of aliphatic hydroxyl groups excluding tert-OH is 1. The Balaban J connectivity index is 2.60. The first kappa shape index (κ1) is 10.9. The first-order valence-electron chi connectivity index (χ1n) is 5.08. The lowest BCUT2D eigenvalue weighted by atomic mass is 10.1. The zero-order valence-corrected chi connectivity index (χ0v) is 8.93. The zero-order chi connectivity index (χ0) is 11.5. The van der Waals surface area contributed by atoms with E-state index in [1.165, 1.54) is 6.07 Å². The molecule has 84 valence electrons. The highest BCUT2D eigenvalue weighted by molar-refractivity contribution is 5.79. The van der Waals surface area contributed by atoms with Gasteiger partial charge in [-0.2, -0.15) is 0 Å². The predicted octanol–water partition coefficient (Wildman–Crippen LogP) is 1.05. The Morgan fingerprint density at radius 2 is 2.19 bits per heavy atom. The molecule has 4 heteroatoms. The molecule has 0 saturated carbocycles. The van der Waals surface area contributed by atoms with Crippen molar-refractivity contribution in [2.45, 2.75) is 6.10 Å². The molecule has 1 aromatic carbocycles. The van der Waals surface area contributed by atoms with Crippen LogP contribution in [0.1, 0.15) is 11.7 Å². The fourth-order valence-corrected chi connectivity index (χ4v) is 1.68. The molecular weight excluding hydrogens is 206 g/mol. The molecule has 0 bridgehead atoms. The van der Waals surface area contributed by atoms with Gasteiger partial charge in [0.25, 0.3) is 0 Å². The zero-order valence-electron chi connectivity index (χ0n) is 8.93. The van der Waals surface area contributed by atoms with Crippen LogP contribution in [0.2, 0.25) is 0 Å². The second-order valence-corrected chi connectivity index (χ2v) is 3.59. The van der Waals surface area contributed by atoms with Crippen LogP contribution in [0.25, 0.3) is 11.0 Å². The van der Waals surface area contributed by atoms with Gasteiger partial charge in [0, 0.05) is 23.6 Å². The highest BCUT2D eigenvalue weighted by Crippen LogP contribution is 2.22. The van der Waals surface area contributed by atoms with E-state index in [4.69, 9.17) is 4.42 Å². The minimum atomic E-state index is -0.681. The fraction of sp³-hybridized carbons (Fsp3) is 0.250. The Kier molecular flexibility index (Phi) is 3.03. The summed E-state index contributed by atoms with van der Waals surface area (Å²) >= 11 is 0. The van der Waals surface area contributed by atoms with Crippen molar-refractivity contribution in [3.63, 3.8) is 0 Å². The summed E-state index contributed by atoms with van der Waals surface area (Å²) in [7, 11) is 1.75. The molecule has 0 aliphatic heterocycles. The maximum absolute atomic E-state index is 11.2. The predicted molar refractivity (Wildman–Crippen MR) is 61.4 cm³/mol. The number of nitrogens with one attached hydrogen (secondary N) is 1. The monoisotopic (exact) mass is 219 g/mol. The number of likely N-dealkylation sites (N-methyl/N-ethyl adjacent to an activating group) is 1. The van der Waals surface area contributed by atoms with Crippen molar-refractivity contribution in [3.8, 4) is 0 Å². The van der Waals surface area contributed by atoms with Gasteiger partial charge in [-0.1, -0.05) is 18.2 Å². The average molecular weight is 219 g/mol. The van der Waals surface area contributed by atoms with Gasteiger partial charge in [0.2, 0.25) is 0 Å². The highest BCUT2D eigenvalue weighted by Gasteiger charge is 2.12. The molecule has 2 rings (SSSR count). The number of hydrogen-bond donors (Lipinski definition) is 2. The van der Waals surface area contributed by atoms with Crippen molar-refractivity contribution in [2.24, 2.45) is 0 Å². The van der Waals surface area contributed by atoms with Crippen molar-refractivity contribution < 1.29 is 9.52 Å². The largest absolute Gasteiger partial charge is 0.422 e. The van der Waals surface area contributed by atoms with Crippen LogP contribution < -0.4 is 10.9 Å². The van der Waals surface area contributed by atoms with Gasteiger partial charge in [-0.3, -0.25) is 0 Å². The molecular formula is C12H13NO3. The third kappa shape index (κ3) is 1.98. The Labute approximate surface area is 92.5 Å². The van der Waals surface area contributed by atoms with E-state index in [0.29, 0.717) is 17.7 Å². The van der Waals surface area contributed by atoms with Crippen LogP contribution in [-0.2, 0) is 0 Å². The van der Waals surface area contributed by atoms with Crippen molar-refractivity contribution in [1.29, 1.82) is 0 Å². The summed E-state index contributed by atoms with van der Waals surface area (Å²) in [5, 5.41) is 13.6. The van der Waals surface area contributed by atoms with Crippen LogP contribution in [0.4, 0.5) is 0 Å². The van der Waals surface area contributed by atoms with Crippen molar-refractivity contribution in [2.75, 3.05) is 13.6 Å². The molecule has 0 aliphatic rings. The summed E-state index contributed by atoms with van der Waals surface area (Å²) in [6.45, 7) is 0.414. The van der Waals surface area contributed by atoms with Gasteiger partial charge in [0.1, 0.15) is 5.58 Å². The van der Waals surface area contributed by atoms with Gasteiger partial charge in [-0.25, -0.2) is 4.79 Å². The fourth-order valence-electron chi connectivity index (χ4n) is 1.68. The second kappa shape index (κ2) is 4.47. The number of fused-ring (bicyclic) bond motifs is 1. The molecule has 1 aromatic heterocycles. The summed E-state index contributed by atoms with van der Waals surface area (Å²) < 4.78 is 5.12. The maximum Gasteiger partial charge on any atom is 0.336 e. The van der Waals surface area contributed by atoms with Crippen molar-refractivity contribution in [3.05, 3.63) is 46.3 Å². The van der Waals surface area contributed by atoms with Crippen LogP contribution in [-0.4, -0.2) is 18.7 Å². The second-order valence-electron chi connectivity index (χ2n) is 3.59. The molecule has 1 heterocycles. The third-order valence-corrected chi connectivity index (χ3v) is 2.43. The third-order valence-electron chi connectivity index (χ3n) is 2.43. The topological polar surface area (TPSA) is 62.5 Å². The van der Waals surface area contributed by atoms with Crippen LogP contribution in [0.3, 0.4) is 0 Å². The minimum Gasteiger partial charge on any atom is -0.422 e. The summed E-state index contributed by atoms with van der Waals surface area (Å²) in [5.74, 6) is 0. The Morgan fingerprint density at radius 3 is 2.94 bits per heavy atom. The lowest BCUT2D eigenvalue weighted by molar-refractivity contribution is 0.178. The Morgan fingerprint density at radius 1 is 1.38 bits per heavy atom. The number of hydrogen-bond acceptors (Lipinski definition) is 4. The maximum atomic E-state index is 11.2. The summed E-state index contributed by atoms with van der Waals surface area (Å²) in [6, 6.07) is 8.49. The summed E-state index contributed by atoms with van der Waals surface area (Å²) in [5.41, 5.74) is 0.680. The van der Waals surface area contributed by atoms with E-state index >= 15 is 0 Å².